The van der Waals surface area contributed by atoms with Gasteiger partial charge in [-0.05, 0) is 40.0 Å². The third-order valence-electron chi connectivity index (χ3n) is 3.50. The molecule has 0 aliphatic carbocycles. The Bertz CT molecular complexity index is 742. The molecule has 0 aliphatic heterocycles. The van der Waals surface area contributed by atoms with E-state index in [9.17, 15) is 9.59 Å². The Hall–Kier alpha value is -2.42. The zero-order chi connectivity index (χ0) is 19.1. The number of nitrogens with one attached hydrogen (secondary N) is 2. The predicted octanol–water partition coefficient (Wildman–Crippen LogP) is 2.36. The average molecular weight is 376 g/mol. The lowest BCUT2D eigenvalue weighted by Gasteiger charge is -2.09. The number of urea groups is 1. The van der Waals surface area contributed by atoms with Crippen LogP contribution in [-0.2, 0) is 4.79 Å². The van der Waals surface area contributed by atoms with Crippen LogP contribution in [0, 0.1) is 5.92 Å². The van der Waals surface area contributed by atoms with Gasteiger partial charge in [0.15, 0.2) is 0 Å². The Morgan fingerprint density at radius 3 is 2.46 bits per heavy atom. The summed E-state index contributed by atoms with van der Waals surface area (Å²) < 4.78 is 1.57. The lowest BCUT2D eigenvalue weighted by molar-refractivity contribution is -0.117. The summed E-state index contributed by atoms with van der Waals surface area (Å²) in [6.07, 6.45) is 0. The Balaban J connectivity index is 1.92. The third kappa shape index (κ3) is 5.83. The highest BCUT2D eigenvalue weighted by Gasteiger charge is 2.13. The molecule has 9 heteroatoms. The monoisotopic (exact) mass is 376 g/mol. The first-order chi connectivity index (χ1) is 12.4. The maximum atomic E-state index is 11.9. The first kappa shape index (κ1) is 19.9. The molecule has 0 fully saturated rings. The maximum absolute atomic E-state index is 11.9. The average Bonchev–Trinajstić information content (AvgIpc) is 3.07. The number of thioether (sulfide) groups is 1. The lowest BCUT2D eigenvalue weighted by atomic mass is 10.0. The molecule has 1 heterocycles. The van der Waals surface area contributed by atoms with Crippen molar-refractivity contribution in [2.75, 3.05) is 12.3 Å². The predicted molar refractivity (Wildman–Crippen MR) is 100 cm³/mol. The molecule has 0 saturated heterocycles. The van der Waals surface area contributed by atoms with Gasteiger partial charge in [0, 0.05) is 6.54 Å². The third-order valence-corrected chi connectivity index (χ3v) is 4.42. The van der Waals surface area contributed by atoms with Crippen molar-refractivity contribution in [3.05, 3.63) is 29.8 Å². The number of nitrogens with zero attached hydrogens (tertiary/aromatic N) is 4. The van der Waals surface area contributed by atoms with Crippen LogP contribution in [0.3, 0.4) is 0 Å². The van der Waals surface area contributed by atoms with Crippen LogP contribution in [0.5, 0.6) is 0 Å². The number of hydrogen-bond donors (Lipinski definition) is 2. The van der Waals surface area contributed by atoms with E-state index in [-0.39, 0.29) is 5.75 Å². The summed E-state index contributed by atoms with van der Waals surface area (Å²) in [6, 6.07) is 7.45. The number of benzene rings is 1. The first-order valence-electron chi connectivity index (χ1n) is 8.46. The second-order valence-corrected chi connectivity index (χ2v) is 7.50. The van der Waals surface area contributed by atoms with Gasteiger partial charge in [0.05, 0.1) is 11.4 Å². The van der Waals surface area contributed by atoms with Crippen LogP contribution >= 0.6 is 11.8 Å². The summed E-state index contributed by atoms with van der Waals surface area (Å²) in [4.78, 5) is 23.5. The fraction of sp³-hybridized carbons (Fsp3) is 0.471. The molecule has 1 aromatic heterocycles. The van der Waals surface area contributed by atoms with Crippen molar-refractivity contribution in [3.63, 3.8) is 0 Å². The van der Waals surface area contributed by atoms with Gasteiger partial charge in [-0.2, -0.15) is 4.68 Å². The summed E-state index contributed by atoms with van der Waals surface area (Å²) in [5.74, 6) is 0.398. The molecule has 1 aromatic carbocycles. The quantitative estimate of drug-likeness (QED) is 0.719. The Kier molecular flexibility index (Phi) is 7.14. The van der Waals surface area contributed by atoms with E-state index < -0.39 is 11.9 Å². The molecule has 140 valence electrons. The van der Waals surface area contributed by atoms with E-state index in [2.05, 4.69) is 40.0 Å². The van der Waals surface area contributed by atoms with E-state index in [1.165, 1.54) is 17.3 Å². The van der Waals surface area contributed by atoms with Gasteiger partial charge in [-0.15, -0.1) is 5.10 Å². The summed E-state index contributed by atoms with van der Waals surface area (Å²) in [7, 11) is 0. The highest BCUT2D eigenvalue weighted by Crippen LogP contribution is 2.20. The number of imide groups is 1. The summed E-state index contributed by atoms with van der Waals surface area (Å²) >= 11 is 1.17. The summed E-state index contributed by atoms with van der Waals surface area (Å²) in [5.41, 5.74) is 2.04. The van der Waals surface area contributed by atoms with E-state index in [1.807, 2.05) is 38.1 Å². The van der Waals surface area contributed by atoms with Crippen molar-refractivity contribution < 1.29 is 9.59 Å². The molecule has 0 spiro atoms. The van der Waals surface area contributed by atoms with Gasteiger partial charge < -0.3 is 5.32 Å². The Morgan fingerprint density at radius 1 is 1.15 bits per heavy atom. The van der Waals surface area contributed by atoms with Crippen LogP contribution in [-0.4, -0.2) is 44.4 Å². The number of hydrogen-bond acceptors (Lipinski definition) is 6. The Labute approximate surface area is 157 Å². The zero-order valence-electron chi connectivity index (χ0n) is 15.4. The van der Waals surface area contributed by atoms with Gasteiger partial charge in [0.2, 0.25) is 11.1 Å². The second-order valence-electron chi connectivity index (χ2n) is 6.56. The molecule has 0 aliphatic rings. The second kappa shape index (κ2) is 9.33. The number of rotatable bonds is 7. The molecule has 2 rings (SSSR count). The van der Waals surface area contributed by atoms with Gasteiger partial charge >= 0.3 is 6.03 Å². The molecule has 2 aromatic rings. The largest absolute Gasteiger partial charge is 0.338 e. The smallest absolute Gasteiger partial charge is 0.321 e. The highest BCUT2D eigenvalue weighted by atomic mass is 32.2. The van der Waals surface area contributed by atoms with Crippen LogP contribution in [0.25, 0.3) is 5.69 Å². The molecule has 3 amide bonds. The fourth-order valence-corrected chi connectivity index (χ4v) is 2.76. The molecule has 0 bridgehead atoms. The molecule has 26 heavy (non-hydrogen) atoms. The summed E-state index contributed by atoms with van der Waals surface area (Å²) in [6.45, 7) is 8.72. The number of amides is 3. The van der Waals surface area contributed by atoms with Crippen molar-refractivity contribution in [2.45, 2.75) is 38.8 Å². The van der Waals surface area contributed by atoms with Crippen LogP contribution in [0.2, 0.25) is 0 Å². The van der Waals surface area contributed by atoms with E-state index in [1.54, 1.807) is 4.68 Å². The lowest BCUT2D eigenvalue weighted by Crippen LogP contribution is -2.41. The fourth-order valence-electron chi connectivity index (χ4n) is 2.07. The van der Waals surface area contributed by atoms with Crippen LogP contribution < -0.4 is 10.6 Å². The van der Waals surface area contributed by atoms with Gasteiger partial charge in [-0.25, -0.2) is 4.79 Å². The van der Waals surface area contributed by atoms with Gasteiger partial charge in [0.1, 0.15) is 0 Å². The molecular weight excluding hydrogens is 352 g/mol. The number of aromatic nitrogens is 4. The normalized spacial score (nSPS) is 11.0. The van der Waals surface area contributed by atoms with Crippen molar-refractivity contribution in [3.8, 4) is 5.69 Å². The summed E-state index contributed by atoms with van der Waals surface area (Å²) in [5, 5.41) is 17.0. The van der Waals surface area contributed by atoms with Crippen LogP contribution in [0.15, 0.2) is 29.4 Å². The topological polar surface area (TPSA) is 102 Å². The minimum absolute atomic E-state index is 0.0412. The van der Waals surface area contributed by atoms with Crippen molar-refractivity contribution in [1.82, 2.24) is 30.8 Å². The molecular formula is C17H24N6O2S. The van der Waals surface area contributed by atoms with E-state index in [4.69, 9.17) is 0 Å². The highest BCUT2D eigenvalue weighted by molar-refractivity contribution is 7.99. The number of tetrazole rings is 1. The minimum Gasteiger partial charge on any atom is -0.338 e. The van der Waals surface area contributed by atoms with Gasteiger partial charge in [-0.1, -0.05) is 51.6 Å². The molecule has 0 unspecified atom stereocenters. The maximum Gasteiger partial charge on any atom is 0.321 e. The molecule has 8 nitrogen and oxygen atoms in total. The standard InChI is InChI=1S/C17H24N6O2S/c1-11(2)9-18-16(25)19-15(24)10-26-17-20-21-22-23(17)14-7-5-13(6-8-14)12(3)4/h5-8,11-12H,9-10H2,1-4H3,(H2,18,19,24,25). The van der Waals surface area contributed by atoms with Gasteiger partial charge in [-0.3, -0.25) is 10.1 Å². The SMILES string of the molecule is CC(C)CNC(=O)NC(=O)CSc1nnnn1-c1ccc(C(C)C)cc1. The molecule has 0 saturated carbocycles. The van der Waals surface area contributed by atoms with Crippen molar-refractivity contribution >= 4 is 23.7 Å². The Morgan fingerprint density at radius 2 is 1.85 bits per heavy atom. The number of carbonyl (C=O) groups excluding carboxylic acids is 2. The molecule has 0 radical (unpaired) electrons. The molecule has 2 N–H and O–H groups in total. The molecule has 0 atom stereocenters. The van der Waals surface area contributed by atoms with E-state index >= 15 is 0 Å². The van der Waals surface area contributed by atoms with E-state index in [0.29, 0.717) is 23.5 Å². The van der Waals surface area contributed by atoms with Crippen molar-refractivity contribution in [1.29, 1.82) is 0 Å². The minimum atomic E-state index is -0.492. The number of carbonyl (C=O) groups is 2. The van der Waals surface area contributed by atoms with Crippen molar-refractivity contribution in [2.24, 2.45) is 5.92 Å². The first-order valence-corrected chi connectivity index (χ1v) is 9.44. The van der Waals surface area contributed by atoms with Crippen LogP contribution in [0.4, 0.5) is 4.79 Å². The van der Waals surface area contributed by atoms with Gasteiger partial charge in [0.25, 0.3) is 0 Å². The van der Waals surface area contributed by atoms with E-state index in [0.717, 1.165) is 5.69 Å². The van der Waals surface area contributed by atoms with Crippen LogP contribution in [0.1, 0.15) is 39.2 Å². The zero-order valence-corrected chi connectivity index (χ0v) is 16.2.